The molecule has 1 saturated heterocycles. The quantitative estimate of drug-likeness (QED) is 0.941. The zero-order valence-corrected chi connectivity index (χ0v) is 13.0. The molecule has 1 amide bonds. The summed E-state index contributed by atoms with van der Waals surface area (Å²) < 4.78 is 1.12. The highest BCUT2D eigenvalue weighted by molar-refractivity contribution is 7.18. The van der Waals surface area contributed by atoms with Gasteiger partial charge in [0.2, 0.25) is 5.91 Å². The molecule has 2 aromatic rings. The summed E-state index contributed by atoms with van der Waals surface area (Å²) in [6, 6.07) is 7.24. The van der Waals surface area contributed by atoms with E-state index in [1.165, 1.54) is 4.90 Å². The Kier molecular flexibility index (Phi) is 4.38. The molecule has 2 heterocycles. The number of fused-ring (bicyclic) bond motifs is 1. The fourth-order valence-electron chi connectivity index (χ4n) is 2.87. The van der Waals surface area contributed by atoms with Gasteiger partial charge in [0, 0.05) is 19.4 Å². The van der Waals surface area contributed by atoms with Crippen LogP contribution in [0.5, 0.6) is 0 Å². The van der Waals surface area contributed by atoms with Crippen LogP contribution < -0.4 is 0 Å². The van der Waals surface area contributed by atoms with Gasteiger partial charge in [-0.1, -0.05) is 12.1 Å². The van der Waals surface area contributed by atoms with Crippen molar-refractivity contribution in [1.82, 2.24) is 9.88 Å². The number of carbonyl (C=O) groups is 2. The molecule has 0 bridgehead atoms. The SMILES string of the molecule is O=C(O)C1CCCCN1C(=O)CCc1nc2ccccc2s1. The number of aryl methyl sites for hydroxylation is 1. The van der Waals surface area contributed by atoms with Gasteiger partial charge in [0.1, 0.15) is 6.04 Å². The van der Waals surface area contributed by atoms with Crippen LogP contribution in [0.15, 0.2) is 24.3 Å². The first-order chi connectivity index (χ1) is 10.6. The van der Waals surface area contributed by atoms with Gasteiger partial charge in [-0.05, 0) is 31.4 Å². The fraction of sp³-hybridized carbons (Fsp3) is 0.438. The van der Waals surface area contributed by atoms with Crippen molar-refractivity contribution < 1.29 is 14.7 Å². The van der Waals surface area contributed by atoms with Crippen LogP contribution >= 0.6 is 11.3 Å². The van der Waals surface area contributed by atoms with Crippen molar-refractivity contribution in [3.8, 4) is 0 Å². The number of aliphatic carboxylic acids is 1. The molecule has 1 aromatic carbocycles. The fourth-order valence-corrected chi connectivity index (χ4v) is 3.84. The predicted molar refractivity (Wildman–Crippen MR) is 84.9 cm³/mol. The molecule has 1 unspecified atom stereocenters. The van der Waals surface area contributed by atoms with Gasteiger partial charge >= 0.3 is 5.97 Å². The smallest absolute Gasteiger partial charge is 0.326 e. The second kappa shape index (κ2) is 6.44. The van der Waals surface area contributed by atoms with E-state index in [2.05, 4.69) is 4.98 Å². The second-order valence-corrected chi connectivity index (χ2v) is 6.63. The Bertz CT molecular complexity index is 665. The molecule has 5 nitrogen and oxygen atoms in total. The molecule has 1 atom stereocenters. The zero-order valence-electron chi connectivity index (χ0n) is 12.2. The van der Waals surface area contributed by atoms with Crippen molar-refractivity contribution in [1.29, 1.82) is 0 Å². The molecule has 0 aliphatic carbocycles. The van der Waals surface area contributed by atoms with Gasteiger partial charge in [0.25, 0.3) is 0 Å². The third kappa shape index (κ3) is 3.11. The molecule has 116 valence electrons. The predicted octanol–water partition coefficient (Wildman–Crippen LogP) is 2.69. The molecule has 0 spiro atoms. The number of piperidine rings is 1. The van der Waals surface area contributed by atoms with E-state index in [1.807, 2.05) is 24.3 Å². The van der Waals surface area contributed by atoms with Gasteiger partial charge in [0.15, 0.2) is 0 Å². The molecule has 1 fully saturated rings. The summed E-state index contributed by atoms with van der Waals surface area (Å²) in [6.07, 6.45) is 3.21. The maximum absolute atomic E-state index is 12.3. The standard InChI is InChI=1S/C16H18N2O3S/c19-15(18-10-4-3-6-12(18)16(20)21)9-8-14-17-11-5-1-2-7-13(11)22-14/h1-2,5,7,12H,3-4,6,8-10H2,(H,20,21). The summed E-state index contributed by atoms with van der Waals surface area (Å²) in [5.41, 5.74) is 0.955. The maximum atomic E-state index is 12.3. The van der Waals surface area contributed by atoms with Crippen molar-refractivity contribution in [3.63, 3.8) is 0 Å². The van der Waals surface area contributed by atoms with Crippen LogP contribution in [0.4, 0.5) is 0 Å². The van der Waals surface area contributed by atoms with Crippen LogP contribution in [-0.4, -0.2) is 39.5 Å². The average molecular weight is 318 g/mol. The van der Waals surface area contributed by atoms with E-state index in [4.69, 9.17) is 0 Å². The highest BCUT2D eigenvalue weighted by Crippen LogP contribution is 2.23. The van der Waals surface area contributed by atoms with E-state index in [9.17, 15) is 14.7 Å². The van der Waals surface area contributed by atoms with E-state index in [1.54, 1.807) is 11.3 Å². The monoisotopic (exact) mass is 318 g/mol. The molecule has 1 aromatic heterocycles. The number of thiazole rings is 1. The van der Waals surface area contributed by atoms with Gasteiger partial charge in [0.05, 0.1) is 15.2 Å². The lowest BCUT2D eigenvalue weighted by Gasteiger charge is -2.33. The maximum Gasteiger partial charge on any atom is 0.326 e. The Morgan fingerprint density at radius 2 is 2.14 bits per heavy atom. The zero-order chi connectivity index (χ0) is 15.5. The lowest BCUT2D eigenvalue weighted by atomic mass is 10.0. The normalized spacial score (nSPS) is 18.5. The Morgan fingerprint density at radius 1 is 1.32 bits per heavy atom. The summed E-state index contributed by atoms with van der Waals surface area (Å²) in [6.45, 7) is 0.551. The molecular formula is C16H18N2O3S. The third-order valence-corrected chi connectivity index (χ3v) is 5.10. The Labute approximate surface area is 132 Å². The first kappa shape index (κ1) is 15.0. The molecule has 0 saturated carbocycles. The molecule has 3 rings (SSSR count). The van der Waals surface area contributed by atoms with Crippen molar-refractivity contribution in [2.45, 2.75) is 38.1 Å². The first-order valence-corrected chi connectivity index (χ1v) is 8.33. The summed E-state index contributed by atoms with van der Waals surface area (Å²) in [5, 5.41) is 10.2. The molecule has 1 aliphatic heterocycles. The van der Waals surface area contributed by atoms with Crippen molar-refractivity contribution in [2.75, 3.05) is 6.54 Å². The van der Waals surface area contributed by atoms with Crippen molar-refractivity contribution in [2.24, 2.45) is 0 Å². The van der Waals surface area contributed by atoms with Crippen LogP contribution in [0.2, 0.25) is 0 Å². The molecule has 0 radical (unpaired) electrons. The highest BCUT2D eigenvalue weighted by Gasteiger charge is 2.31. The number of likely N-dealkylation sites (tertiary alicyclic amines) is 1. The Hall–Kier alpha value is -1.95. The number of rotatable bonds is 4. The van der Waals surface area contributed by atoms with Gasteiger partial charge in [-0.3, -0.25) is 4.79 Å². The number of nitrogens with zero attached hydrogens (tertiary/aromatic N) is 2. The van der Waals surface area contributed by atoms with Gasteiger partial charge in [-0.2, -0.15) is 0 Å². The number of hydrogen-bond donors (Lipinski definition) is 1. The lowest BCUT2D eigenvalue weighted by molar-refractivity contribution is -0.152. The minimum absolute atomic E-state index is 0.0774. The molecule has 1 N–H and O–H groups in total. The summed E-state index contributed by atoms with van der Waals surface area (Å²) >= 11 is 1.59. The average Bonchev–Trinajstić information content (AvgIpc) is 2.95. The van der Waals surface area contributed by atoms with E-state index < -0.39 is 12.0 Å². The number of carbonyl (C=O) groups excluding carboxylic acids is 1. The number of hydrogen-bond acceptors (Lipinski definition) is 4. The Balaban J connectivity index is 1.64. The minimum atomic E-state index is -0.895. The first-order valence-electron chi connectivity index (χ1n) is 7.52. The Morgan fingerprint density at radius 3 is 2.91 bits per heavy atom. The number of carboxylic acid groups (broad SMARTS) is 1. The number of para-hydroxylation sites is 1. The van der Waals surface area contributed by atoms with Crippen molar-refractivity contribution >= 4 is 33.4 Å². The number of carboxylic acids is 1. The topological polar surface area (TPSA) is 70.5 Å². The van der Waals surface area contributed by atoms with Crippen LogP contribution in [0.3, 0.4) is 0 Å². The largest absolute Gasteiger partial charge is 0.480 e. The van der Waals surface area contributed by atoms with E-state index in [0.717, 1.165) is 28.1 Å². The van der Waals surface area contributed by atoms with Crippen LogP contribution in [0, 0.1) is 0 Å². The summed E-state index contributed by atoms with van der Waals surface area (Å²) in [7, 11) is 0. The lowest BCUT2D eigenvalue weighted by Crippen LogP contribution is -2.48. The van der Waals surface area contributed by atoms with Gasteiger partial charge < -0.3 is 10.0 Å². The van der Waals surface area contributed by atoms with E-state index in [-0.39, 0.29) is 5.91 Å². The van der Waals surface area contributed by atoms with Crippen LogP contribution in [-0.2, 0) is 16.0 Å². The molecular weight excluding hydrogens is 300 g/mol. The van der Waals surface area contributed by atoms with Crippen LogP contribution in [0.25, 0.3) is 10.2 Å². The number of aromatic nitrogens is 1. The van der Waals surface area contributed by atoms with Crippen LogP contribution in [0.1, 0.15) is 30.7 Å². The van der Waals surface area contributed by atoms with Gasteiger partial charge in [-0.15, -0.1) is 11.3 Å². The van der Waals surface area contributed by atoms with Gasteiger partial charge in [-0.25, -0.2) is 9.78 Å². The molecule has 1 aliphatic rings. The third-order valence-electron chi connectivity index (χ3n) is 4.00. The minimum Gasteiger partial charge on any atom is -0.480 e. The molecule has 22 heavy (non-hydrogen) atoms. The number of benzene rings is 1. The second-order valence-electron chi connectivity index (χ2n) is 5.51. The van der Waals surface area contributed by atoms with E-state index in [0.29, 0.717) is 25.8 Å². The highest BCUT2D eigenvalue weighted by atomic mass is 32.1. The van der Waals surface area contributed by atoms with E-state index >= 15 is 0 Å². The van der Waals surface area contributed by atoms with Crippen molar-refractivity contribution in [3.05, 3.63) is 29.3 Å². The summed E-state index contributed by atoms with van der Waals surface area (Å²) in [5.74, 6) is -0.973. The molecule has 6 heteroatoms. The number of amides is 1. The summed E-state index contributed by atoms with van der Waals surface area (Å²) in [4.78, 5) is 29.6.